The van der Waals surface area contributed by atoms with E-state index in [4.69, 9.17) is 4.74 Å². The Bertz CT molecular complexity index is 658. The maximum Gasteiger partial charge on any atom is 0.255 e. The standard InChI is InChI=1S/C17H18BrNO2S/c1-11(12-4-6-13(18)7-5-12)19-17(20)15-9-8-14(22-3)10-16(15)21-2/h4-11H,1-3H3,(H,19,20). The minimum atomic E-state index is -0.139. The van der Waals surface area contributed by atoms with E-state index >= 15 is 0 Å². The molecule has 1 unspecified atom stereocenters. The fourth-order valence-electron chi connectivity index (χ4n) is 2.10. The third kappa shape index (κ3) is 4.05. The number of carbonyl (C=O) groups excluding carboxylic acids is 1. The van der Waals surface area contributed by atoms with Crippen LogP contribution in [0.2, 0.25) is 0 Å². The van der Waals surface area contributed by atoms with E-state index in [0.717, 1.165) is 14.9 Å². The van der Waals surface area contributed by atoms with Crippen molar-refractivity contribution >= 4 is 33.6 Å². The van der Waals surface area contributed by atoms with Crippen LogP contribution >= 0.6 is 27.7 Å². The lowest BCUT2D eigenvalue weighted by molar-refractivity contribution is 0.0936. The van der Waals surface area contributed by atoms with Crippen LogP contribution in [0.15, 0.2) is 51.8 Å². The van der Waals surface area contributed by atoms with Gasteiger partial charge in [0.1, 0.15) is 5.75 Å². The molecule has 22 heavy (non-hydrogen) atoms. The summed E-state index contributed by atoms with van der Waals surface area (Å²) in [4.78, 5) is 13.5. The molecule has 0 fully saturated rings. The molecule has 0 aliphatic carbocycles. The molecule has 0 aromatic heterocycles. The lowest BCUT2D eigenvalue weighted by atomic mass is 10.1. The molecule has 2 aromatic carbocycles. The van der Waals surface area contributed by atoms with Gasteiger partial charge in [0, 0.05) is 9.37 Å². The van der Waals surface area contributed by atoms with Crippen LogP contribution in [0.3, 0.4) is 0 Å². The molecule has 0 spiro atoms. The van der Waals surface area contributed by atoms with Crippen molar-refractivity contribution in [3.05, 3.63) is 58.1 Å². The quantitative estimate of drug-likeness (QED) is 0.766. The predicted molar refractivity (Wildman–Crippen MR) is 94.8 cm³/mol. The number of hydrogen-bond donors (Lipinski definition) is 1. The zero-order valence-corrected chi connectivity index (χ0v) is 15.1. The van der Waals surface area contributed by atoms with Gasteiger partial charge in [-0.05, 0) is 49.1 Å². The van der Waals surface area contributed by atoms with E-state index in [1.165, 1.54) is 0 Å². The van der Waals surface area contributed by atoms with Crippen LogP contribution in [0.4, 0.5) is 0 Å². The number of thioether (sulfide) groups is 1. The summed E-state index contributed by atoms with van der Waals surface area (Å²) in [5.74, 6) is 0.451. The molecule has 2 rings (SSSR count). The Morgan fingerprint density at radius 2 is 1.91 bits per heavy atom. The first kappa shape index (κ1) is 16.9. The maximum atomic E-state index is 12.5. The first-order valence-corrected chi connectivity index (χ1v) is 8.85. The molecule has 5 heteroatoms. The van der Waals surface area contributed by atoms with Crippen molar-refractivity contribution in [3.63, 3.8) is 0 Å². The molecule has 0 saturated carbocycles. The first-order chi connectivity index (χ1) is 10.5. The number of nitrogens with one attached hydrogen (secondary N) is 1. The first-order valence-electron chi connectivity index (χ1n) is 6.83. The number of ether oxygens (including phenoxy) is 1. The van der Waals surface area contributed by atoms with Gasteiger partial charge in [0.2, 0.25) is 0 Å². The van der Waals surface area contributed by atoms with Gasteiger partial charge >= 0.3 is 0 Å². The third-order valence-corrected chi connectivity index (χ3v) is 4.62. The molecule has 0 bridgehead atoms. The average Bonchev–Trinajstić information content (AvgIpc) is 2.54. The molecule has 116 valence electrons. The Morgan fingerprint density at radius 3 is 2.50 bits per heavy atom. The van der Waals surface area contributed by atoms with E-state index in [1.807, 2.05) is 49.6 Å². The molecule has 3 nitrogen and oxygen atoms in total. The predicted octanol–water partition coefficient (Wildman–Crippen LogP) is 4.67. The molecular weight excluding hydrogens is 362 g/mol. The summed E-state index contributed by atoms with van der Waals surface area (Å²) in [7, 11) is 1.58. The van der Waals surface area contributed by atoms with Crippen molar-refractivity contribution < 1.29 is 9.53 Å². The number of methoxy groups -OCH3 is 1. The van der Waals surface area contributed by atoms with Gasteiger partial charge in [-0.15, -0.1) is 11.8 Å². The summed E-state index contributed by atoms with van der Waals surface area (Å²) in [6.45, 7) is 1.96. The molecule has 2 aromatic rings. The second-order valence-electron chi connectivity index (χ2n) is 4.81. The molecule has 0 saturated heterocycles. The van der Waals surface area contributed by atoms with Gasteiger partial charge in [-0.1, -0.05) is 28.1 Å². The highest BCUT2D eigenvalue weighted by Crippen LogP contribution is 2.26. The van der Waals surface area contributed by atoms with Crippen LogP contribution in [0, 0.1) is 0 Å². The fraction of sp³-hybridized carbons (Fsp3) is 0.235. The van der Waals surface area contributed by atoms with Crippen LogP contribution in [0.5, 0.6) is 5.75 Å². The fourth-order valence-corrected chi connectivity index (χ4v) is 2.79. The summed E-state index contributed by atoms with van der Waals surface area (Å²) in [5, 5.41) is 3.00. The molecule has 1 N–H and O–H groups in total. The highest BCUT2D eigenvalue weighted by Gasteiger charge is 2.16. The van der Waals surface area contributed by atoms with E-state index < -0.39 is 0 Å². The lowest BCUT2D eigenvalue weighted by Crippen LogP contribution is -2.27. The highest BCUT2D eigenvalue weighted by molar-refractivity contribution is 9.10. The Balaban J connectivity index is 2.16. The summed E-state index contributed by atoms with van der Waals surface area (Å²) in [6, 6.07) is 13.4. The molecule has 0 aliphatic heterocycles. The maximum absolute atomic E-state index is 12.5. The minimum absolute atomic E-state index is 0.0782. The van der Waals surface area contributed by atoms with Crippen molar-refractivity contribution in [1.29, 1.82) is 0 Å². The second-order valence-corrected chi connectivity index (χ2v) is 6.61. The monoisotopic (exact) mass is 379 g/mol. The molecule has 0 aliphatic rings. The number of benzene rings is 2. The molecule has 1 amide bonds. The molecule has 1 atom stereocenters. The number of rotatable bonds is 5. The Morgan fingerprint density at radius 1 is 1.23 bits per heavy atom. The van der Waals surface area contributed by atoms with Gasteiger partial charge in [-0.3, -0.25) is 4.79 Å². The largest absolute Gasteiger partial charge is 0.496 e. The normalized spacial score (nSPS) is 11.8. The molecular formula is C17H18BrNO2S. The number of halogens is 1. The van der Waals surface area contributed by atoms with Crippen LogP contribution in [-0.2, 0) is 0 Å². The van der Waals surface area contributed by atoms with Gasteiger partial charge in [-0.25, -0.2) is 0 Å². The average molecular weight is 380 g/mol. The zero-order valence-electron chi connectivity index (χ0n) is 12.7. The topological polar surface area (TPSA) is 38.3 Å². The summed E-state index contributed by atoms with van der Waals surface area (Å²) >= 11 is 5.02. The van der Waals surface area contributed by atoms with Crippen molar-refractivity contribution in [2.24, 2.45) is 0 Å². The minimum Gasteiger partial charge on any atom is -0.496 e. The van der Waals surface area contributed by atoms with E-state index in [-0.39, 0.29) is 11.9 Å². The zero-order chi connectivity index (χ0) is 16.1. The van der Waals surface area contributed by atoms with Gasteiger partial charge in [0.15, 0.2) is 0 Å². The molecule has 0 radical (unpaired) electrons. The van der Waals surface area contributed by atoms with E-state index in [1.54, 1.807) is 24.9 Å². The van der Waals surface area contributed by atoms with Crippen molar-refractivity contribution in [2.75, 3.05) is 13.4 Å². The lowest BCUT2D eigenvalue weighted by Gasteiger charge is -2.16. The van der Waals surface area contributed by atoms with Crippen LogP contribution < -0.4 is 10.1 Å². The summed E-state index contributed by atoms with van der Waals surface area (Å²) in [5.41, 5.74) is 1.60. The van der Waals surface area contributed by atoms with Crippen LogP contribution in [0.25, 0.3) is 0 Å². The summed E-state index contributed by atoms with van der Waals surface area (Å²) in [6.07, 6.45) is 1.99. The highest BCUT2D eigenvalue weighted by atomic mass is 79.9. The van der Waals surface area contributed by atoms with Crippen molar-refractivity contribution in [2.45, 2.75) is 17.9 Å². The van der Waals surface area contributed by atoms with Crippen LogP contribution in [-0.4, -0.2) is 19.3 Å². The van der Waals surface area contributed by atoms with E-state index in [0.29, 0.717) is 11.3 Å². The van der Waals surface area contributed by atoms with Crippen molar-refractivity contribution in [3.8, 4) is 5.75 Å². The van der Waals surface area contributed by atoms with Gasteiger partial charge < -0.3 is 10.1 Å². The third-order valence-electron chi connectivity index (χ3n) is 3.37. The second kappa shape index (κ2) is 7.70. The van der Waals surface area contributed by atoms with Crippen LogP contribution in [0.1, 0.15) is 28.9 Å². The van der Waals surface area contributed by atoms with E-state index in [9.17, 15) is 4.79 Å². The number of hydrogen-bond acceptors (Lipinski definition) is 3. The Labute approximate surface area is 143 Å². The summed E-state index contributed by atoms with van der Waals surface area (Å²) < 4.78 is 6.35. The van der Waals surface area contributed by atoms with Gasteiger partial charge in [0.05, 0.1) is 18.7 Å². The number of amides is 1. The smallest absolute Gasteiger partial charge is 0.255 e. The Kier molecular flexibility index (Phi) is 5.91. The SMILES string of the molecule is COc1cc(SC)ccc1C(=O)NC(C)c1ccc(Br)cc1. The van der Waals surface area contributed by atoms with Gasteiger partial charge in [-0.2, -0.15) is 0 Å². The number of carbonyl (C=O) groups is 1. The molecule has 0 heterocycles. The van der Waals surface area contributed by atoms with Gasteiger partial charge in [0.25, 0.3) is 5.91 Å². The van der Waals surface area contributed by atoms with E-state index in [2.05, 4.69) is 21.2 Å². The Hall–Kier alpha value is -1.46. The van der Waals surface area contributed by atoms with Crippen molar-refractivity contribution in [1.82, 2.24) is 5.32 Å².